The van der Waals surface area contributed by atoms with E-state index in [2.05, 4.69) is 10.1 Å². The van der Waals surface area contributed by atoms with E-state index in [0.29, 0.717) is 23.8 Å². The van der Waals surface area contributed by atoms with E-state index in [1.807, 2.05) is 66.9 Å². The standard InChI is InChI=1S/C18H17N3OS/c1-23-18-19-17(15-10-6-3-7-11-15)20-21(18)16(22)13-12-14-8-4-2-5-9-14/h2-11H,12-13H2,1H3. The van der Waals surface area contributed by atoms with E-state index in [1.165, 1.54) is 16.4 Å². The molecule has 0 unspecified atom stereocenters. The van der Waals surface area contributed by atoms with E-state index < -0.39 is 0 Å². The molecule has 23 heavy (non-hydrogen) atoms. The van der Waals surface area contributed by atoms with Crippen LogP contribution in [-0.2, 0) is 6.42 Å². The summed E-state index contributed by atoms with van der Waals surface area (Å²) in [5, 5.41) is 5.03. The van der Waals surface area contributed by atoms with Crippen molar-refractivity contribution >= 4 is 17.7 Å². The zero-order valence-corrected chi connectivity index (χ0v) is 13.7. The lowest BCUT2D eigenvalue weighted by Gasteiger charge is -2.03. The van der Waals surface area contributed by atoms with E-state index in [9.17, 15) is 4.79 Å². The molecule has 0 saturated carbocycles. The van der Waals surface area contributed by atoms with Crippen molar-refractivity contribution < 1.29 is 4.79 Å². The van der Waals surface area contributed by atoms with Gasteiger partial charge in [0.25, 0.3) is 0 Å². The Labute approximate surface area is 139 Å². The molecule has 3 aromatic rings. The highest BCUT2D eigenvalue weighted by molar-refractivity contribution is 7.98. The summed E-state index contributed by atoms with van der Waals surface area (Å²) in [6.07, 6.45) is 3.02. The van der Waals surface area contributed by atoms with Crippen LogP contribution in [0.25, 0.3) is 11.4 Å². The molecular weight excluding hydrogens is 306 g/mol. The summed E-state index contributed by atoms with van der Waals surface area (Å²) in [6, 6.07) is 19.7. The Morgan fingerprint density at radius 1 is 1.04 bits per heavy atom. The topological polar surface area (TPSA) is 47.8 Å². The van der Waals surface area contributed by atoms with Crippen molar-refractivity contribution in [1.82, 2.24) is 14.8 Å². The maximum atomic E-state index is 12.5. The first kappa shape index (κ1) is 15.5. The molecule has 3 rings (SSSR count). The minimum atomic E-state index is -0.0344. The predicted octanol–water partition coefficient (Wildman–Crippen LogP) is 3.94. The molecule has 0 amide bonds. The fraction of sp³-hybridized carbons (Fsp3) is 0.167. The van der Waals surface area contributed by atoms with E-state index in [-0.39, 0.29) is 5.91 Å². The molecular formula is C18H17N3OS. The molecule has 0 N–H and O–H groups in total. The molecule has 0 radical (unpaired) electrons. The molecule has 0 spiro atoms. The Balaban J connectivity index is 1.79. The summed E-state index contributed by atoms with van der Waals surface area (Å²) in [5.41, 5.74) is 2.06. The second-order valence-corrected chi connectivity index (χ2v) is 5.85. The van der Waals surface area contributed by atoms with Gasteiger partial charge in [-0.05, 0) is 18.2 Å². The smallest absolute Gasteiger partial charge is 0.249 e. The lowest BCUT2D eigenvalue weighted by molar-refractivity contribution is 0.0875. The minimum Gasteiger partial charge on any atom is -0.272 e. The number of aryl methyl sites for hydroxylation is 1. The first-order valence-corrected chi connectivity index (χ1v) is 8.64. The van der Waals surface area contributed by atoms with Crippen LogP contribution in [0.4, 0.5) is 0 Å². The van der Waals surface area contributed by atoms with Crippen LogP contribution in [0.3, 0.4) is 0 Å². The number of carbonyl (C=O) groups excluding carboxylic acids is 1. The fourth-order valence-corrected chi connectivity index (χ4v) is 2.80. The Morgan fingerprint density at radius 2 is 1.70 bits per heavy atom. The molecule has 0 aliphatic rings. The number of rotatable bonds is 5. The number of hydrogen-bond acceptors (Lipinski definition) is 4. The van der Waals surface area contributed by atoms with Crippen molar-refractivity contribution in [3.05, 3.63) is 66.2 Å². The molecule has 116 valence electrons. The van der Waals surface area contributed by atoms with Gasteiger partial charge in [-0.1, -0.05) is 72.4 Å². The van der Waals surface area contributed by atoms with E-state index in [0.717, 1.165) is 11.1 Å². The highest BCUT2D eigenvalue weighted by atomic mass is 32.2. The first-order valence-electron chi connectivity index (χ1n) is 7.41. The Bertz CT molecular complexity index is 785. The molecule has 0 bridgehead atoms. The third kappa shape index (κ3) is 3.68. The lowest BCUT2D eigenvalue weighted by atomic mass is 10.1. The Hall–Kier alpha value is -2.40. The number of thioether (sulfide) groups is 1. The zero-order chi connectivity index (χ0) is 16.1. The van der Waals surface area contributed by atoms with Crippen LogP contribution < -0.4 is 0 Å². The average molecular weight is 323 g/mol. The van der Waals surface area contributed by atoms with Crippen LogP contribution in [0.2, 0.25) is 0 Å². The van der Waals surface area contributed by atoms with Gasteiger partial charge in [0.1, 0.15) is 0 Å². The molecule has 0 atom stereocenters. The summed E-state index contributed by atoms with van der Waals surface area (Å²) in [7, 11) is 0. The Morgan fingerprint density at radius 3 is 2.35 bits per heavy atom. The van der Waals surface area contributed by atoms with Gasteiger partial charge in [-0.3, -0.25) is 4.79 Å². The summed E-state index contributed by atoms with van der Waals surface area (Å²) < 4.78 is 1.43. The highest BCUT2D eigenvalue weighted by Gasteiger charge is 2.16. The van der Waals surface area contributed by atoms with Crippen molar-refractivity contribution in [3.8, 4) is 11.4 Å². The molecule has 0 aliphatic heterocycles. The maximum absolute atomic E-state index is 12.5. The van der Waals surface area contributed by atoms with Gasteiger partial charge in [0.2, 0.25) is 5.91 Å². The van der Waals surface area contributed by atoms with Gasteiger partial charge in [-0.25, -0.2) is 4.98 Å². The second kappa shape index (κ2) is 7.24. The third-order valence-corrected chi connectivity index (χ3v) is 4.13. The molecule has 1 aromatic heterocycles. The van der Waals surface area contributed by atoms with E-state index >= 15 is 0 Å². The molecule has 1 heterocycles. The van der Waals surface area contributed by atoms with Crippen LogP contribution in [0.1, 0.15) is 16.8 Å². The molecule has 0 aliphatic carbocycles. The van der Waals surface area contributed by atoms with Gasteiger partial charge < -0.3 is 0 Å². The monoisotopic (exact) mass is 323 g/mol. The maximum Gasteiger partial charge on any atom is 0.249 e. The minimum absolute atomic E-state index is 0.0344. The zero-order valence-electron chi connectivity index (χ0n) is 12.8. The lowest BCUT2D eigenvalue weighted by Crippen LogP contribution is -2.14. The van der Waals surface area contributed by atoms with Gasteiger partial charge in [-0.2, -0.15) is 4.68 Å². The normalized spacial score (nSPS) is 10.7. The van der Waals surface area contributed by atoms with Crippen LogP contribution >= 0.6 is 11.8 Å². The molecule has 0 fully saturated rings. The molecule has 5 heteroatoms. The Kier molecular flexibility index (Phi) is 4.88. The molecule has 2 aromatic carbocycles. The van der Waals surface area contributed by atoms with Crippen molar-refractivity contribution in [3.63, 3.8) is 0 Å². The average Bonchev–Trinajstić information content (AvgIpc) is 3.06. The fourth-order valence-electron chi connectivity index (χ4n) is 2.30. The molecule has 0 saturated heterocycles. The number of nitrogens with zero attached hydrogens (tertiary/aromatic N) is 3. The van der Waals surface area contributed by atoms with E-state index in [1.54, 1.807) is 0 Å². The summed E-state index contributed by atoms with van der Waals surface area (Å²) in [5.74, 6) is 0.552. The van der Waals surface area contributed by atoms with Crippen LogP contribution in [-0.4, -0.2) is 26.9 Å². The van der Waals surface area contributed by atoms with Crippen molar-refractivity contribution in [2.24, 2.45) is 0 Å². The second-order valence-electron chi connectivity index (χ2n) is 5.08. The number of aromatic nitrogens is 3. The van der Waals surface area contributed by atoms with Crippen LogP contribution in [0, 0.1) is 0 Å². The largest absolute Gasteiger partial charge is 0.272 e. The van der Waals surface area contributed by atoms with Crippen molar-refractivity contribution in [2.75, 3.05) is 6.26 Å². The van der Waals surface area contributed by atoms with E-state index in [4.69, 9.17) is 0 Å². The van der Waals surface area contributed by atoms with Gasteiger partial charge in [0.05, 0.1) is 0 Å². The highest BCUT2D eigenvalue weighted by Crippen LogP contribution is 2.20. The van der Waals surface area contributed by atoms with Gasteiger partial charge in [0.15, 0.2) is 11.0 Å². The van der Waals surface area contributed by atoms with Crippen LogP contribution in [0.15, 0.2) is 65.8 Å². The predicted molar refractivity (Wildman–Crippen MR) is 92.6 cm³/mol. The van der Waals surface area contributed by atoms with Gasteiger partial charge in [0, 0.05) is 12.0 Å². The third-order valence-electron chi connectivity index (χ3n) is 3.50. The summed E-state index contributed by atoms with van der Waals surface area (Å²) >= 11 is 1.43. The van der Waals surface area contributed by atoms with Crippen molar-refractivity contribution in [1.29, 1.82) is 0 Å². The first-order chi connectivity index (χ1) is 11.3. The van der Waals surface area contributed by atoms with Gasteiger partial charge >= 0.3 is 0 Å². The van der Waals surface area contributed by atoms with Gasteiger partial charge in [-0.15, -0.1) is 5.10 Å². The SMILES string of the molecule is CSc1nc(-c2ccccc2)nn1C(=O)CCc1ccccc1. The number of hydrogen-bond donors (Lipinski definition) is 0. The van der Waals surface area contributed by atoms with Crippen LogP contribution in [0.5, 0.6) is 0 Å². The van der Waals surface area contributed by atoms with Crippen molar-refractivity contribution in [2.45, 2.75) is 18.0 Å². The summed E-state index contributed by atoms with van der Waals surface area (Å²) in [6.45, 7) is 0. The quantitative estimate of drug-likeness (QED) is 0.667. The number of carbonyl (C=O) groups is 1. The molecule has 4 nitrogen and oxygen atoms in total. The number of benzene rings is 2. The summed E-state index contributed by atoms with van der Waals surface area (Å²) in [4.78, 5) is 17.0.